The Kier molecular flexibility index (Phi) is 5.20. The van der Waals surface area contributed by atoms with E-state index in [1.54, 1.807) is 23.6 Å². The van der Waals surface area contributed by atoms with Crippen molar-refractivity contribution < 1.29 is 4.79 Å². The molecule has 0 spiro atoms. The largest absolute Gasteiger partial charge is 0.337 e. The molecule has 1 unspecified atom stereocenters. The van der Waals surface area contributed by atoms with Gasteiger partial charge in [-0.15, -0.1) is 11.3 Å². The van der Waals surface area contributed by atoms with Gasteiger partial charge in [0, 0.05) is 55.6 Å². The van der Waals surface area contributed by atoms with Crippen molar-refractivity contribution in [2.45, 2.75) is 13.0 Å². The maximum absolute atomic E-state index is 12.3. The SMILES string of the molecule is CC(c1cccnc1)N1CCN(C(=O)/C=C/c2cccs2)CC1. The van der Waals surface area contributed by atoms with Gasteiger partial charge in [0.1, 0.15) is 0 Å². The van der Waals surface area contributed by atoms with Crippen LogP contribution in [-0.2, 0) is 4.79 Å². The number of hydrogen-bond donors (Lipinski definition) is 0. The van der Waals surface area contributed by atoms with Crippen molar-refractivity contribution in [3.63, 3.8) is 0 Å². The highest BCUT2D eigenvalue weighted by Crippen LogP contribution is 2.20. The fraction of sp³-hybridized carbons (Fsp3) is 0.333. The minimum absolute atomic E-state index is 0.104. The van der Waals surface area contributed by atoms with Crippen LogP contribution in [0.1, 0.15) is 23.4 Å². The number of thiophene rings is 1. The molecule has 0 saturated carbocycles. The molecule has 0 radical (unpaired) electrons. The summed E-state index contributed by atoms with van der Waals surface area (Å²) in [6, 6.07) is 8.43. The number of nitrogens with zero attached hydrogens (tertiary/aromatic N) is 3. The number of amides is 1. The maximum Gasteiger partial charge on any atom is 0.246 e. The van der Waals surface area contributed by atoms with Crippen molar-refractivity contribution in [2.24, 2.45) is 0 Å². The first-order valence-electron chi connectivity index (χ1n) is 7.88. The minimum atomic E-state index is 0.104. The zero-order chi connectivity index (χ0) is 16.1. The normalized spacial score (nSPS) is 17.5. The summed E-state index contributed by atoms with van der Waals surface area (Å²) in [6.07, 6.45) is 7.31. The molecule has 3 rings (SSSR count). The first-order chi connectivity index (χ1) is 11.2. The second-order valence-electron chi connectivity index (χ2n) is 5.67. The molecule has 3 heterocycles. The first kappa shape index (κ1) is 15.9. The predicted molar refractivity (Wildman–Crippen MR) is 94.2 cm³/mol. The van der Waals surface area contributed by atoms with E-state index in [0.717, 1.165) is 31.1 Å². The number of carbonyl (C=O) groups excluding carboxylic acids is 1. The average molecular weight is 327 g/mol. The Balaban J connectivity index is 1.53. The van der Waals surface area contributed by atoms with Gasteiger partial charge in [-0.3, -0.25) is 14.7 Å². The highest BCUT2D eigenvalue weighted by atomic mass is 32.1. The minimum Gasteiger partial charge on any atom is -0.337 e. The number of piperazine rings is 1. The van der Waals surface area contributed by atoms with E-state index in [1.807, 2.05) is 40.8 Å². The average Bonchev–Trinajstić information content (AvgIpc) is 3.13. The third-order valence-corrected chi connectivity index (χ3v) is 5.11. The van der Waals surface area contributed by atoms with Crippen LogP contribution in [0.2, 0.25) is 0 Å². The highest BCUT2D eigenvalue weighted by Gasteiger charge is 2.23. The van der Waals surface area contributed by atoms with Crippen molar-refractivity contribution in [2.75, 3.05) is 26.2 Å². The van der Waals surface area contributed by atoms with Gasteiger partial charge in [0.15, 0.2) is 0 Å². The van der Waals surface area contributed by atoms with E-state index in [9.17, 15) is 4.79 Å². The standard InChI is InChI=1S/C18H21N3OS/c1-15(16-4-2-8-19-14-16)20-9-11-21(12-10-20)18(22)7-6-17-5-3-13-23-17/h2-8,13-15H,9-12H2,1H3/b7-6+. The highest BCUT2D eigenvalue weighted by molar-refractivity contribution is 7.10. The van der Waals surface area contributed by atoms with Gasteiger partial charge in [-0.25, -0.2) is 0 Å². The van der Waals surface area contributed by atoms with Crippen molar-refractivity contribution in [1.29, 1.82) is 0 Å². The van der Waals surface area contributed by atoms with E-state index in [4.69, 9.17) is 0 Å². The molecular weight excluding hydrogens is 306 g/mol. The van der Waals surface area contributed by atoms with Crippen LogP contribution in [0.3, 0.4) is 0 Å². The van der Waals surface area contributed by atoms with Crippen LogP contribution in [0, 0.1) is 0 Å². The Labute approximate surface area is 141 Å². The molecule has 2 aromatic heterocycles. The second-order valence-corrected chi connectivity index (χ2v) is 6.65. The molecule has 1 saturated heterocycles. The van der Waals surface area contributed by atoms with Gasteiger partial charge in [0.05, 0.1) is 0 Å². The number of rotatable bonds is 4. The van der Waals surface area contributed by atoms with Crippen molar-refractivity contribution in [1.82, 2.24) is 14.8 Å². The van der Waals surface area contributed by atoms with Gasteiger partial charge in [0.25, 0.3) is 0 Å². The van der Waals surface area contributed by atoms with Gasteiger partial charge in [-0.05, 0) is 36.1 Å². The monoisotopic (exact) mass is 327 g/mol. The third-order valence-electron chi connectivity index (χ3n) is 4.27. The molecule has 1 aliphatic rings. The van der Waals surface area contributed by atoms with Gasteiger partial charge in [-0.1, -0.05) is 12.1 Å². The molecule has 5 heteroatoms. The molecule has 0 N–H and O–H groups in total. The molecule has 1 fully saturated rings. The fourth-order valence-corrected chi connectivity index (χ4v) is 3.43. The summed E-state index contributed by atoms with van der Waals surface area (Å²) >= 11 is 1.64. The molecule has 0 aromatic carbocycles. The molecule has 2 aromatic rings. The Morgan fingerprint density at radius 3 is 2.74 bits per heavy atom. The third kappa shape index (κ3) is 4.06. The molecular formula is C18H21N3OS. The summed E-state index contributed by atoms with van der Waals surface area (Å²) in [4.78, 5) is 21.9. The van der Waals surface area contributed by atoms with E-state index in [-0.39, 0.29) is 5.91 Å². The van der Waals surface area contributed by atoms with Crippen molar-refractivity contribution in [3.8, 4) is 0 Å². The smallest absolute Gasteiger partial charge is 0.246 e. The zero-order valence-electron chi connectivity index (χ0n) is 13.3. The van der Waals surface area contributed by atoms with E-state index in [1.165, 1.54) is 5.56 Å². The Morgan fingerprint density at radius 2 is 2.09 bits per heavy atom. The topological polar surface area (TPSA) is 36.4 Å². The van der Waals surface area contributed by atoms with Gasteiger partial charge >= 0.3 is 0 Å². The molecule has 1 amide bonds. The lowest BCUT2D eigenvalue weighted by Gasteiger charge is -2.37. The molecule has 1 atom stereocenters. The van der Waals surface area contributed by atoms with E-state index in [2.05, 4.69) is 22.9 Å². The second kappa shape index (κ2) is 7.53. The molecule has 0 aliphatic carbocycles. The molecule has 1 aliphatic heterocycles. The Hall–Kier alpha value is -1.98. The summed E-state index contributed by atoms with van der Waals surface area (Å²) in [5.41, 5.74) is 1.23. The molecule has 23 heavy (non-hydrogen) atoms. The lowest BCUT2D eigenvalue weighted by atomic mass is 10.1. The summed E-state index contributed by atoms with van der Waals surface area (Å²) in [7, 11) is 0. The van der Waals surface area contributed by atoms with Gasteiger partial charge < -0.3 is 4.90 Å². The molecule has 120 valence electrons. The van der Waals surface area contributed by atoms with Gasteiger partial charge in [-0.2, -0.15) is 0 Å². The number of carbonyl (C=O) groups is 1. The first-order valence-corrected chi connectivity index (χ1v) is 8.76. The van der Waals surface area contributed by atoms with E-state index >= 15 is 0 Å². The summed E-state index contributed by atoms with van der Waals surface area (Å²) in [5.74, 6) is 0.104. The summed E-state index contributed by atoms with van der Waals surface area (Å²) in [6.45, 7) is 5.55. The molecule has 4 nitrogen and oxygen atoms in total. The quantitative estimate of drug-likeness (QED) is 0.810. The zero-order valence-corrected chi connectivity index (χ0v) is 14.1. The van der Waals surface area contributed by atoms with Crippen LogP contribution in [0.4, 0.5) is 0 Å². The molecule has 0 bridgehead atoms. The lowest BCUT2D eigenvalue weighted by molar-refractivity contribution is -0.127. The summed E-state index contributed by atoms with van der Waals surface area (Å²) < 4.78 is 0. The van der Waals surface area contributed by atoms with Crippen molar-refractivity contribution >= 4 is 23.3 Å². The van der Waals surface area contributed by atoms with Gasteiger partial charge in [0.2, 0.25) is 5.91 Å². The number of pyridine rings is 1. The van der Waals surface area contributed by atoms with Crippen LogP contribution in [0.25, 0.3) is 6.08 Å². The Bertz CT molecular complexity index is 646. The number of hydrogen-bond acceptors (Lipinski definition) is 4. The Morgan fingerprint density at radius 1 is 1.26 bits per heavy atom. The lowest BCUT2D eigenvalue weighted by Crippen LogP contribution is -2.48. The summed E-state index contributed by atoms with van der Waals surface area (Å²) in [5, 5.41) is 2.02. The number of aromatic nitrogens is 1. The fourth-order valence-electron chi connectivity index (χ4n) is 2.81. The maximum atomic E-state index is 12.3. The van der Waals surface area contributed by atoms with Crippen molar-refractivity contribution in [3.05, 3.63) is 58.6 Å². The van der Waals surface area contributed by atoms with E-state index in [0.29, 0.717) is 6.04 Å². The van der Waals surface area contributed by atoms with Crippen LogP contribution in [0.5, 0.6) is 0 Å². The van der Waals surface area contributed by atoms with Crippen LogP contribution in [0.15, 0.2) is 48.1 Å². The van der Waals surface area contributed by atoms with E-state index < -0.39 is 0 Å². The predicted octanol–water partition coefficient (Wildman–Crippen LogP) is 3.06. The van der Waals surface area contributed by atoms with Crippen LogP contribution in [-0.4, -0.2) is 46.9 Å². The van der Waals surface area contributed by atoms with Crippen LogP contribution < -0.4 is 0 Å². The van der Waals surface area contributed by atoms with Crippen LogP contribution >= 0.6 is 11.3 Å².